The third-order valence-electron chi connectivity index (χ3n) is 3.23. The van der Waals surface area contributed by atoms with Crippen molar-refractivity contribution >= 4 is 17.3 Å². The molecule has 21 heavy (non-hydrogen) atoms. The number of nitrogens with one attached hydrogen (secondary N) is 1. The second-order valence-corrected chi connectivity index (χ2v) is 5.16. The van der Waals surface area contributed by atoms with E-state index >= 15 is 0 Å². The number of anilines is 1. The summed E-state index contributed by atoms with van der Waals surface area (Å²) in [6.07, 6.45) is 1.57. The zero-order valence-electron chi connectivity index (χ0n) is 11.4. The summed E-state index contributed by atoms with van der Waals surface area (Å²) in [6.45, 7) is 2.11. The molecule has 106 valence electrons. The van der Waals surface area contributed by atoms with Crippen LogP contribution in [-0.4, -0.2) is 20.2 Å². The molecule has 0 aliphatic carbocycles. The van der Waals surface area contributed by atoms with E-state index in [-0.39, 0.29) is 6.04 Å². The maximum atomic E-state index is 5.90. The van der Waals surface area contributed by atoms with Gasteiger partial charge in [-0.1, -0.05) is 23.7 Å². The highest BCUT2D eigenvalue weighted by molar-refractivity contribution is 6.30. The number of tetrazole rings is 1. The van der Waals surface area contributed by atoms with Crippen LogP contribution < -0.4 is 5.32 Å². The lowest BCUT2D eigenvalue weighted by Gasteiger charge is -2.16. The smallest absolute Gasteiger partial charge is 0.143 e. The van der Waals surface area contributed by atoms with Crippen molar-refractivity contribution in [2.75, 3.05) is 5.32 Å². The molecule has 3 rings (SSSR count). The van der Waals surface area contributed by atoms with Gasteiger partial charge in [-0.15, -0.1) is 5.10 Å². The average Bonchev–Trinajstić information content (AvgIpc) is 3.03. The van der Waals surface area contributed by atoms with Crippen molar-refractivity contribution in [1.82, 2.24) is 20.2 Å². The minimum atomic E-state index is 0.196. The first-order valence-corrected chi connectivity index (χ1v) is 6.95. The summed E-state index contributed by atoms with van der Waals surface area (Å²) in [5.41, 5.74) is 3.14. The van der Waals surface area contributed by atoms with Crippen molar-refractivity contribution in [3.05, 3.63) is 65.4 Å². The number of benzene rings is 2. The van der Waals surface area contributed by atoms with Crippen LogP contribution in [0.5, 0.6) is 0 Å². The number of nitrogens with zero attached hydrogens (tertiary/aromatic N) is 4. The van der Waals surface area contributed by atoms with Crippen molar-refractivity contribution in [3.63, 3.8) is 0 Å². The number of aromatic nitrogens is 4. The number of halogens is 1. The van der Waals surface area contributed by atoms with Crippen molar-refractivity contribution < 1.29 is 0 Å². The van der Waals surface area contributed by atoms with Crippen LogP contribution >= 0.6 is 11.6 Å². The minimum Gasteiger partial charge on any atom is -0.379 e. The Morgan fingerprint density at radius 2 is 1.76 bits per heavy atom. The molecule has 0 fully saturated rings. The fourth-order valence-corrected chi connectivity index (χ4v) is 2.20. The first-order chi connectivity index (χ1) is 10.2. The van der Waals surface area contributed by atoms with Crippen LogP contribution in [0.2, 0.25) is 5.02 Å². The molecule has 0 amide bonds. The maximum absolute atomic E-state index is 5.90. The third-order valence-corrected chi connectivity index (χ3v) is 3.49. The Morgan fingerprint density at radius 1 is 1.05 bits per heavy atom. The second kappa shape index (κ2) is 5.93. The fraction of sp³-hybridized carbons (Fsp3) is 0.133. The van der Waals surface area contributed by atoms with Crippen LogP contribution in [-0.2, 0) is 0 Å². The SMILES string of the molecule is CC(Nc1ccc(-n2cnnn2)cc1)c1ccc(Cl)cc1. The number of hydrogen-bond acceptors (Lipinski definition) is 4. The predicted molar refractivity (Wildman–Crippen MR) is 82.6 cm³/mol. The molecule has 6 heteroatoms. The van der Waals surface area contributed by atoms with Gasteiger partial charge in [-0.3, -0.25) is 0 Å². The maximum Gasteiger partial charge on any atom is 0.143 e. The standard InChI is InChI=1S/C15H14ClN5/c1-11(12-2-4-13(16)5-3-12)18-14-6-8-15(9-7-14)21-10-17-19-20-21/h2-11,18H,1H3. The van der Waals surface area contributed by atoms with Gasteiger partial charge in [0.1, 0.15) is 6.33 Å². The highest BCUT2D eigenvalue weighted by Crippen LogP contribution is 2.21. The van der Waals surface area contributed by atoms with Gasteiger partial charge in [0.05, 0.1) is 5.69 Å². The Hall–Kier alpha value is -2.40. The molecule has 1 atom stereocenters. The van der Waals surface area contributed by atoms with Crippen molar-refractivity contribution in [3.8, 4) is 5.69 Å². The first-order valence-electron chi connectivity index (χ1n) is 6.58. The Balaban J connectivity index is 1.71. The summed E-state index contributed by atoms with van der Waals surface area (Å²) >= 11 is 5.90. The molecule has 0 bridgehead atoms. The van der Waals surface area contributed by atoms with Gasteiger partial charge in [0.2, 0.25) is 0 Å². The molecule has 3 aromatic rings. The first kappa shape index (κ1) is 13.6. The average molecular weight is 300 g/mol. The Kier molecular flexibility index (Phi) is 3.83. The van der Waals surface area contributed by atoms with Crippen LogP contribution in [0.3, 0.4) is 0 Å². The summed E-state index contributed by atoms with van der Waals surface area (Å²) in [6, 6.07) is 16.0. The van der Waals surface area contributed by atoms with E-state index in [1.807, 2.05) is 48.5 Å². The normalized spacial score (nSPS) is 12.1. The van der Waals surface area contributed by atoms with Crippen LogP contribution in [0.15, 0.2) is 54.9 Å². The highest BCUT2D eigenvalue weighted by atomic mass is 35.5. The zero-order chi connectivity index (χ0) is 14.7. The van der Waals surface area contributed by atoms with Gasteiger partial charge >= 0.3 is 0 Å². The molecule has 0 spiro atoms. The van der Waals surface area contributed by atoms with Gasteiger partial charge in [-0.05, 0) is 59.3 Å². The van der Waals surface area contributed by atoms with Gasteiger partial charge < -0.3 is 5.32 Å². The zero-order valence-corrected chi connectivity index (χ0v) is 12.2. The highest BCUT2D eigenvalue weighted by Gasteiger charge is 2.05. The quantitative estimate of drug-likeness (QED) is 0.801. The Morgan fingerprint density at radius 3 is 2.38 bits per heavy atom. The van der Waals surface area contributed by atoms with E-state index < -0.39 is 0 Å². The molecular weight excluding hydrogens is 286 g/mol. The molecule has 0 aliphatic rings. The lowest BCUT2D eigenvalue weighted by atomic mass is 10.1. The van der Waals surface area contributed by atoms with E-state index in [2.05, 4.69) is 27.8 Å². The Bertz CT molecular complexity index is 692. The van der Waals surface area contributed by atoms with Crippen LogP contribution in [0.4, 0.5) is 5.69 Å². The van der Waals surface area contributed by atoms with Gasteiger partial charge in [0.15, 0.2) is 0 Å². The molecular formula is C15H14ClN5. The molecule has 2 aromatic carbocycles. The molecule has 0 saturated heterocycles. The van der Waals surface area contributed by atoms with E-state index in [1.54, 1.807) is 11.0 Å². The number of hydrogen-bond donors (Lipinski definition) is 1. The molecule has 5 nitrogen and oxygen atoms in total. The van der Waals surface area contributed by atoms with E-state index in [0.717, 1.165) is 16.4 Å². The molecule has 0 aliphatic heterocycles. The summed E-state index contributed by atoms with van der Waals surface area (Å²) in [4.78, 5) is 0. The lowest BCUT2D eigenvalue weighted by molar-refractivity contribution is 0.789. The summed E-state index contributed by atoms with van der Waals surface area (Å²) in [5.74, 6) is 0. The number of rotatable bonds is 4. The fourth-order valence-electron chi connectivity index (χ4n) is 2.07. The summed E-state index contributed by atoms with van der Waals surface area (Å²) < 4.78 is 1.62. The van der Waals surface area contributed by atoms with Gasteiger partial charge in [0.25, 0.3) is 0 Å². The van der Waals surface area contributed by atoms with E-state index in [4.69, 9.17) is 11.6 Å². The largest absolute Gasteiger partial charge is 0.379 e. The summed E-state index contributed by atoms with van der Waals surface area (Å²) in [7, 11) is 0. The van der Waals surface area contributed by atoms with Crippen LogP contribution in [0.25, 0.3) is 5.69 Å². The van der Waals surface area contributed by atoms with Gasteiger partial charge in [-0.25, -0.2) is 4.68 Å². The molecule has 0 saturated carbocycles. The lowest BCUT2D eigenvalue weighted by Crippen LogP contribution is -2.06. The van der Waals surface area contributed by atoms with E-state index in [0.29, 0.717) is 0 Å². The monoisotopic (exact) mass is 299 g/mol. The van der Waals surface area contributed by atoms with Crippen molar-refractivity contribution in [2.45, 2.75) is 13.0 Å². The minimum absolute atomic E-state index is 0.196. The molecule has 1 N–H and O–H groups in total. The van der Waals surface area contributed by atoms with E-state index in [9.17, 15) is 0 Å². The Labute approximate surface area is 127 Å². The molecule has 0 radical (unpaired) electrons. The van der Waals surface area contributed by atoms with Crippen molar-refractivity contribution in [1.29, 1.82) is 0 Å². The topological polar surface area (TPSA) is 55.6 Å². The van der Waals surface area contributed by atoms with Crippen molar-refractivity contribution in [2.24, 2.45) is 0 Å². The van der Waals surface area contributed by atoms with Gasteiger partial charge in [-0.2, -0.15) is 0 Å². The van der Waals surface area contributed by atoms with E-state index in [1.165, 1.54) is 5.56 Å². The second-order valence-electron chi connectivity index (χ2n) is 4.72. The van der Waals surface area contributed by atoms with Gasteiger partial charge in [0, 0.05) is 16.8 Å². The third kappa shape index (κ3) is 3.20. The molecule has 1 heterocycles. The van der Waals surface area contributed by atoms with Crippen LogP contribution in [0.1, 0.15) is 18.5 Å². The molecule has 1 aromatic heterocycles. The van der Waals surface area contributed by atoms with Crippen LogP contribution in [0, 0.1) is 0 Å². The predicted octanol–water partition coefficient (Wildman–Crippen LogP) is 3.49. The molecule has 1 unspecified atom stereocenters. The summed E-state index contributed by atoms with van der Waals surface area (Å²) in [5, 5.41) is 15.3.